The molecule has 2 amide bonds. The number of nitrogens with one attached hydrogen (secondary N) is 1. The van der Waals surface area contributed by atoms with E-state index in [-0.39, 0.29) is 29.7 Å². The summed E-state index contributed by atoms with van der Waals surface area (Å²) in [5, 5.41) is 3.23. The Balaban J connectivity index is 1.41. The maximum Gasteiger partial charge on any atom is 0.410 e. The third kappa shape index (κ3) is 6.48. The molecular weight excluding hydrogens is 532 g/mol. The minimum atomic E-state index is -0.318. The molecule has 228 valence electrons. The van der Waals surface area contributed by atoms with Gasteiger partial charge in [-0.25, -0.2) is 14.8 Å². The number of anilines is 1. The summed E-state index contributed by atoms with van der Waals surface area (Å²) in [7, 11) is 2.07. The van der Waals surface area contributed by atoms with E-state index in [1.54, 1.807) is 6.20 Å². The second-order valence-electron chi connectivity index (χ2n) is 11.9. The van der Waals surface area contributed by atoms with Crippen LogP contribution < -0.4 is 15.0 Å². The molecule has 2 aromatic rings. The molecule has 0 bridgehead atoms. The van der Waals surface area contributed by atoms with Gasteiger partial charge in [-0.05, 0) is 89.7 Å². The lowest BCUT2D eigenvalue weighted by molar-refractivity contribution is -0.0109. The van der Waals surface area contributed by atoms with Crippen LogP contribution in [0.3, 0.4) is 0 Å². The van der Waals surface area contributed by atoms with Crippen LogP contribution in [0.2, 0.25) is 0 Å². The van der Waals surface area contributed by atoms with Crippen LogP contribution >= 0.6 is 0 Å². The van der Waals surface area contributed by atoms with E-state index in [1.807, 2.05) is 36.1 Å². The zero-order chi connectivity index (χ0) is 29.7. The maximum absolute atomic E-state index is 13.8. The Morgan fingerprint density at radius 3 is 2.57 bits per heavy atom. The molecule has 2 saturated heterocycles. The van der Waals surface area contributed by atoms with Crippen molar-refractivity contribution in [2.24, 2.45) is 0 Å². The lowest BCUT2D eigenvalue weighted by Gasteiger charge is -2.43. The van der Waals surface area contributed by atoms with Gasteiger partial charge in [0.25, 0.3) is 5.91 Å². The Morgan fingerprint density at radius 1 is 1.07 bits per heavy atom. The van der Waals surface area contributed by atoms with Crippen molar-refractivity contribution in [3.05, 3.63) is 36.2 Å². The van der Waals surface area contributed by atoms with Crippen LogP contribution in [0, 0.1) is 0 Å². The molecule has 1 N–H and O–H groups in total. The lowest BCUT2D eigenvalue weighted by atomic mass is 9.99. The number of piperazine rings is 1. The average Bonchev–Trinajstić information content (AvgIpc) is 3.65. The van der Waals surface area contributed by atoms with Gasteiger partial charge in [-0.15, -0.1) is 0 Å². The number of likely N-dealkylation sites (tertiary alicyclic amines) is 1. The van der Waals surface area contributed by atoms with E-state index >= 15 is 0 Å². The van der Waals surface area contributed by atoms with Gasteiger partial charge in [-0.3, -0.25) is 4.79 Å². The Morgan fingerprint density at radius 2 is 1.88 bits per heavy atom. The molecular formula is C32H46N6O4. The number of carbonyl (C=O) groups excluding carboxylic acids is 2. The fourth-order valence-corrected chi connectivity index (χ4v) is 6.63. The summed E-state index contributed by atoms with van der Waals surface area (Å²) in [4.78, 5) is 42.8. The number of likely N-dealkylation sites (N-methyl/N-ethyl adjacent to an activating group) is 1. The average molecular weight is 579 g/mol. The van der Waals surface area contributed by atoms with E-state index in [4.69, 9.17) is 14.5 Å². The molecule has 1 aliphatic carbocycles. The lowest BCUT2D eigenvalue weighted by Crippen LogP contribution is -2.56. The SMILES string of the molecule is CCOc1ncccc1-c1ccc(N2CCN(C(=O)OC3(CC)CCCC3)C[C@H]2CC)c(C(=O)N[C@@H]2CCN(C)C2)n1. The fraction of sp³-hybridized carbons (Fsp3) is 0.625. The smallest absolute Gasteiger partial charge is 0.410 e. The number of ether oxygens (including phenoxy) is 2. The number of aromatic nitrogens is 2. The van der Waals surface area contributed by atoms with Gasteiger partial charge in [-0.1, -0.05) is 13.8 Å². The van der Waals surface area contributed by atoms with Crippen molar-refractivity contribution >= 4 is 17.7 Å². The number of carbonyl (C=O) groups is 2. The summed E-state index contributed by atoms with van der Waals surface area (Å²) in [5.41, 5.74) is 2.24. The molecule has 1 saturated carbocycles. The predicted molar refractivity (Wildman–Crippen MR) is 163 cm³/mol. The Bertz CT molecular complexity index is 1250. The molecule has 42 heavy (non-hydrogen) atoms. The molecule has 3 aliphatic rings. The van der Waals surface area contributed by atoms with E-state index in [2.05, 4.69) is 41.0 Å². The molecule has 2 atom stereocenters. The molecule has 0 aromatic carbocycles. The minimum Gasteiger partial charge on any atom is -0.477 e. The van der Waals surface area contributed by atoms with Crippen LogP contribution in [-0.2, 0) is 4.74 Å². The molecule has 2 aromatic heterocycles. The molecule has 0 spiro atoms. The second-order valence-corrected chi connectivity index (χ2v) is 11.9. The van der Waals surface area contributed by atoms with Crippen LogP contribution in [0.15, 0.2) is 30.5 Å². The minimum absolute atomic E-state index is 0.0293. The monoisotopic (exact) mass is 578 g/mol. The summed E-state index contributed by atoms with van der Waals surface area (Å²) in [6.07, 6.45) is 8.17. The number of rotatable bonds is 9. The summed E-state index contributed by atoms with van der Waals surface area (Å²) in [6.45, 7) is 10.1. The highest BCUT2D eigenvalue weighted by molar-refractivity contribution is 5.99. The molecule has 4 heterocycles. The highest BCUT2D eigenvalue weighted by Gasteiger charge is 2.39. The molecule has 0 unspecified atom stereocenters. The first-order valence-electron chi connectivity index (χ1n) is 15.7. The summed E-state index contributed by atoms with van der Waals surface area (Å²) in [6, 6.07) is 7.80. The van der Waals surface area contributed by atoms with E-state index in [1.165, 1.54) is 0 Å². The van der Waals surface area contributed by atoms with Crippen LogP contribution in [0.1, 0.15) is 76.2 Å². The van der Waals surface area contributed by atoms with Crippen molar-refractivity contribution in [2.75, 3.05) is 51.3 Å². The molecule has 0 radical (unpaired) electrons. The van der Waals surface area contributed by atoms with Crippen LogP contribution in [0.4, 0.5) is 10.5 Å². The Labute approximate surface area is 249 Å². The number of pyridine rings is 2. The van der Waals surface area contributed by atoms with Gasteiger partial charge in [-0.2, -0.15) is 0 Å². The molecule has 5 rings (SSSR count). The van der Waals surface area contributed by atoms with Gasteiger partial charge in [0, 0.05) is 44.5 Å². The topological polar surface area (TPSA) is 100 Å². The Hall–Kier alpha value is -3.40. The van der Waals surface area contributed by atoms with Crippen molar-refractivity contribution in [3.8, 4) is 17.1 Å². The number of nitrogens with zero attached hydrogens (tertiary/aromatic N) is 5. The van der Waals surface area contributed by atoms with Crippen LogP contribution in [0.25, 0.3) is 11.3 Å². The van der Waals surface area contributed by atoms with E-state index in [0.29, 0.717) is 43.5 Å². The van der Waals surface area contributed by atoms with E-state index in [0.717, 1.165) is 69.3 Å². The zero-order valence-corrected chi connectivity index (χ0v) is 25.6. The second kappa shape index (κ2) is 13.3. The molecule has 2 aliphatic heterocycles. The van der Waals surface area contributed by atoms with Gasteiger partial charge in [0.05, 0.1) is 23.6 Å². The zero-order valence-electron chi connectivity index (χ0n) is 25.6. The normalized spacial score (nSPS) is 22.3. The van der Waals surface area contributed by atoms with E-state index in [9.17, 15) is 9.59 Å². The highest BCUT2D eigenvalue weighted by atomic mass is 16.6. The quantitative estimate of drug-likeness (QED) is 0.456. The van der Waals surface area contributed by atoms with Gasteiger partial charge in [0.15, 0.2) is 5.69 Å². The third-order valence-electron chi connectivity index (χ3n) is 9.13. The highest BCUT2D eigenvalue weighted by Crippen LogP contribution is 2.37. The summed E-state index contributed by atoms with van der Waals surface area (Å²) in [5.74, 6) is 0.312. The third-order valence-corrected chi connectivity index (χ3v) is 9.13. The number of hydrogen-bond donors (Lipinski definition) is 1. The Kier molecular flexibility index (Phi) is 9.50. The predicted octanol–water partition coefficient (Wildman–Crippen LogP) is 4.74. The maximum atomic E-state index is 13.8. The first-order chi connectivity index (χ1) is 20.4. The molecule has 3 fully saturated rings. The largest absolute Gasteiger partial charge is 0.477 e. The van der Waals surface area contributed by atoms with Gasteiger partial charge >= 0.3 is 6.09 Å². The summed E-state index contributed by atoms with van der Waals surface area (Å²) >= 11 is 0. The van der Waals surface area contributed by atoms with Gasteiger partial charge < -0.3 is 29.5 Å². The fourth-order valence-electron chi connectivity index (χ4n) is 6.63. The van der Waals surface area contributed by atoms with Crippen molar-refractivity contribution in [1.82, 2.24) is 25.1 Å². The standard InChI is InChI=1S/C32H46N6O4/c1-5-24-22-37(31(40)42-32(6-2)15-8-9-16-32)19-20-38(24)27-13-12-26(25-11-10-17-33-30(25)41-7-3)35-28(27)29(39)34-23-14-18-36(4)21-23/h10-13,17,23-24H,5-9,14-16,18-22H2,1-4H3,(H,34,39)/t23-,24-/m1/s1. The molecule has 10 nitrogen and oxygen atoms in total. The number of hydrogen-bond acceptors (Lipinski definition) is 8. The van der Waals surface area contributed by atoms with Crippen molar-refractivity contribution in [3.63, 3.8) is 0 Å². The van der Waals surface area contributed by atoms with Crippen LogP contribution in [-0.4, -0.2) is 95.8 Å². The van der Waals surface area contributed by atoms with Gasteiger partial charge in [0.1, 0.15) is 5.60 Å². The van der Waals surface area contributed by atoms with Gasteiger partial charge in [0.2, 0.25) is 5.88 Å². The van der Waals surface area contributed by atoms with E-state index < -0.39 is 0 Å². The first kappa shape index (κ1) is 30.1. The first-order valence-corrected chi connectivity index (χ1v) is 15.7. The number of amides is 2. The molecule has 10 heteroatoms. The van der Waals surface area contributed by atoms with Crippen molar-refractivity contribution in [2.45, 2.75) is 83.4 Å². The summed E-state index contributed by atoms with van der Waals surface area (Å²) < 4.78 is 11.9. The van der Waals surface area contributed by atoms with Crippen molar-refractivity contribution < 1.29 is 19.1 Å². The van der Waals surface area contributed by atoms with Crippen LogP contribution in [0.5, 0.6) is 5.88 Å². The van der Waals surface area contributed by atoms with Crippen molar-refractivity contribution in [1.29, 1.82) is 0 Å².